The first-order valence-corrected chi connectivity index (χ1v) is 13.9. The van der Waals surface area contributed by atoms with Gasteiger partial charge < -0.3 is 14.2 Å². The Morgan fingerprint density at radius 3 is 2.45 bits per heavy atom. The lowest BCUT2D eigenvalue weighted by Gasteiger charge is -2.14. The van der Waals surface area contributed by atoms with Crippen LogP contribution in [0.15, 0.2) is 65.6 Å². The van der Waals surface area contributed by atoms with Gasteiger partial charge in [-0.2, -0.15) is 0 Å². The van der Waals surface area contributed by atoms with Gasteiger partial charge in [0, 0.05) is 5.02 Å². The van der Waals surface area contributed by atoms with Crippen LogP contribution in [0, 0.1) is 10.5 Å². The largest absolute Gasteiger partial charge is 0.492 e. The predicted octanol–water partition coefficient (Wildman–Crippen LogP) is 6.99. The number of esters is 1. The Bertz CT molecular complexity index is 1390. The number of carbonyl (C=O) groups excluding carboxylic acids is 3. The minimum absolute atomic E-state index is 0.136. The zero-order valence-electron chi connectivity index (χ0n) is 20.5. The molecule has 3 aromatic rings. The molecule has 0 spiro atoms. The Morgan fingerprint density at radius 1 is 1.05 bits per heavy atom. The van der Waals surface area contributed by atoms with Gasteiger partial charge in [-0.25, -0.2) is 4.79 Å². The van der Waals surface area contributed by atoms with Crippen LogP contribution in [-0.4, -0.2) is 41.8 Å². The topological polar surface area (TPSA) is 82.1 Å². The number of ether oxygens (including phenoxy) is 3. The average molecular weight is 664 g/mol. The highest BCUT2D eigenvalue weighted by atomic mass is 127. The molecule has 4 rings (SSSR count). The molecule has 7 nitrogen and oxygen atoms in total. The molecule has 1 aliphatic heterocycles. The van der Waals surface area contributed by atoms with Crippen molar-refractivity contribution in [2.24, 2.45) is 0 Å². The lowest BCUT2D eigenvalue weighted by molar-refractivity contribution is -0.123. The number of carbonyl (C=O) groups is 3. The zero-order valence-corrected chi connectivity index (χ0v) is 24.3. The minimum Gasteiger partial charge on any atom is -0.492 e. The summed E-state index contributed by atoms with van der Waals surface area (Å²) in [5.74, 6) is 0.346. The van der Waals surface area contributed by atoms with Crippen molar-refractivity contribution in [3.05, 3.63) is 90.9 Å². The summed E-state index contributed by atoms with van der Waals surface area (Å²) in [5, 5.41) is 0.153. The van der Waals surface area contributed by atoms with Crippen LogP contribution in [0.5, 0.6) is 17.2 Å². The monoisotopic (exact) mass is 663 g/mol. The number of imide groups is 1. The number of aryl methyl sites for hydroxylation is 1. The first kappa shape index (κ1) is 28.0. The van der Waals surface area contributed by atoms with Crippen molar-refractivity contribution in [1.29, 1.82) is 0 Å². The van der Waals surface area contributed by atoms with E-state index in [0.29, 0.717) is 37.8 Å². The van der Waals surface area contributed by atoms with Gasteiger partial charge in [0.2, 0.25) is 0 Å². The molecule has 0 aliphatic carbocycles. The van der Waals surface area contributed by atoms with E-state index in [0.717, 1.165) is 17.3 Å². The molecule has 0 radical (unpaired) electrons. The molecule has 0 unspecified atom stereocenters. The molecule has 1 saturated heterocycles. The molecule has 38 heavy (non-hydrogen) atoms. The SMILES string of the molecule is CCOc1cc(/C=C2\SC(=O)N(CCOc3ccc(C)cc3)C2=O)cc(I)c1OC(=O)c1ccc(Cl)cc1. The summed E-state index contributed by atoms with van der Waals surface area (Å²) >= 11 is 8.81. The average Bonchev–Trinajstić information content (AvgIpc) is 3.15. The van der Waals surface area contributed by atoms with Gasteiger partial charge in [0.25, 0.3) is 11.1 Å². The van der Waals surface area contributed by atoms with Crippen molar-refractivity contribution >= 4 is 69.1 Å². The Balaban J connectivity index is 1.48. The van der Waals surface area contributed by atoms with Crippen LogP contribution >= 0.6 is 46.0 Å². The quantitative estimate of drug-likeness (QED) is 0.106. The van der Waals surface area contributed by atoms with E-state index in [9.17, 15) is 14.4 Å². The molecule has 1 aliphatic rings. The molecular formula is C28H23ClINO6S. The van der Waals surface area contributed by atoms with Crippen LogP contribution in [0.2, 0.25) is 5.02 Å². The van der Waals surface area contributed by atoms with E-state index in [2.05, 4.69) is 0 Å². The van der Waals surface area contributed by atoms with Crippen molar-refractivity contribution in [3.63, 3.8) is 0 Å². The molecular weight excluding hydrogens is 641 g/mol. The molecule has 1 fully saturated rings. The molecule has 196 valence electrons. The zero-order chi connectivity index (χ0) is 27.2. The van der Waals surface area contributed by atoms with E-state index in [1.807, 2.05) is 60.7 Å². The van der Waals surface area contributed by atoms with Gasteiger partial charge in [0.05, 0.1) is 27.2 Å². The highest BCUT2D eigenvalue weighted by Crippen LogP contribution is 2.38. The van der Waals surface area contributed by atoms with Crippen LogP contribution in [-0.2, 0) is 4.79 Å². The molecule has 0 saturated carbocycles. The molecule has 0 aromatic heterocycles. The van der Waals surface area contributed by atoms with E-state index in [1.165, 1.54) is 4.90 Å². The van der Waals surface area contributed by atoms with Crippen LogP contribution in [0.25, 0.3) is 6.08 Å². The van der Waals surface area contributed by atoms with E-state index in [4.69, 9.17) is 25.8 Å². The lowest BCUT2D eigenvalue weighted by atomic mass is 10.1. The number of hydrogen-bond donors (Lipinski definition) is 0. The fourth-order valence-corrected chi connectivity index (χ4v) is 5.23. The van der Waals surface area contributed by atoms with Crippen molar-refractivity contribution in [2.75, 3.05) is 19.8 Å². The van der Waals surface area contributed by atoms with Crippen molar-refractivity contribution in [1.82, 2.24) is 4.90 Å². The number of hydrogen-bond acceptors (Lipinski definition) is 7. The molecule has 0 N–H and O–H groups in total. The second kappa shape index (κ2) is 12.7. The third-order valence-electron chi connectivity index (χ3n) is 5.38. The minimum atomic E-state index is -0.553. The van der Waals surface area contributed by atoms with Crippen LogP contribution in [0.1, 0.15) is 28.4 Å². The van der Waals surface area contributed by atoms with Gasteiger partial charge in [-0.3, -0.25) is 14.5 Å². The molecule has 2 amide bonds. The Labute approximate surface area is 243 Å². The summed E-state index contributed by atoms with van der Waals surface area (Å²) in [6.45, 7) is 4.46. The van der Waals surface area contributed by atoms with Gasteiger partial charge in [-0.05, 0) is 108 Å². The first-order valence-electron chi connectivity index (χ1n) is 11.6. The number of benzene rings is 3. The van der Waals surface area contributed by atoms with Gasteiger partial charge in [0.1, 0.15) is 12.4 Å². The Kier molecular flexibility index (Phi) is 9.35. The first-order chi connectivity index (χ1) is 18.2. The maximum atomic E-state index is 12.9. The standard InChI is InChI=1S/C28H23ClINO6S/c1-3-35-23-15-18(14-22(30)25(23)37-27(33)19-6-8-20(29)9-7-19)16-24-26(32)31(28(34)38-24)12-13-36-21-10-4-17(2)5-11-21/h4-11,14-16H,3,12-13H2,1-2H3/b24-16-. The highest BCUT2D eigenvalue weighted by molar-refractivity contribution is 14.1. The number of amides is 2. The fourth-order valence-electron chi connectivity index (χ4n) is 3.50. The van der Waals surface area contributed by atoms with Crippen molar-refractivity contribution in [2.45, 2.75) is 13.8 Å². The number of rotatable bonds is 9. The summed E-state index contributed by atoms with van der Waals surface area (Å²) in [7, 11) is 0. The summed E-state index contributed by atoms with van der Waals surface area (Å²) in [4.78, 5) is 39.6. The van der Waals surface area contributed by atoms with E-state index < -0.39 is 11.9 Å². The van der Waals surface area contributed by atoms with Gasteiger partial charge in [-0.1, -0.05) is 29.3 Å². The number of halogens is 2. The molecule has 10 heteroatoms. The van der Waals surface area contributed by atoms with E-state index >= 15 is 0 Å². The lowest BCUT2D eigenvalue weighted by Crippen LogP contribution is -2.32. The van der Waals surface area contributed by atoms with E-state index in [1.54, 1.807) is 42.5 Å². The Hall–Kier alpha value is -3.02. The predicted molar refractivity (Wildman–Crippen MR) is 156 cm³/mol. The second-order valence-corrected chi connectivity index (χ2v) is 10.7. The fraction of sp³-hybridized carbons (Fsp3) is 0.179. The molecule has 1 heterocycles. The van der Waals surface area contributed by atoms with Gasteiger partial charge in [-0.15, -0.1) is 0 Å². The highest BCUT2D eigenvalue weighted by Gasteiger charge is 2.35. The normalized spacial score (nSPS) is 14.2. The van der Waals surface area contributed by atoms with Crippen molar-refractivity contribution in [3.8, 4) is 17.2 Å². The second-order valence-electron chi connectivity index (χ2n) is 8.15. The summed E-state index contributed by atoms with van der Waals surface area (Å²) in [6, 6.07) is 17.3. The number of thioether (sulfide) groups is 1. The molecule has 3 aromatic carbocycles. The van der Waals surface area contributed by atoms with E-state index in [-0.39, 0.29) is 29.0 Å². The maximum absolute atomic E-state index is 12.9. The summed E-state index contributed by atoms with van der Waals surface area (Å²) in [5.41, 5.74) is 2.09. The summed E-state index contributed by atoms with van der Waals surface area (Å²) in [6.07, 6.45) is 1.63. The van der Waals surface area contributed by atoms with Crippen LogP contribution in [0.4, 0.5) is 4.79 Å². The third kappa shape index (κ3) is 6.89. The van der Waals surface area contributed by atoms with Crippen molar-refractivity contribution < 1.29 is 28.6 Å². The molecule has 0 bridgehead atoms. The smallest absolute Gasteiger partial charge is 0.343 e. The Morgan fingerprint density at radius 2 is 1.76 bits per heavy atom. The summed E-state index contributed by atoms with van der Waals surface area (Å²) < 4.78 is 17.6. The maximum Gasteiger partial charge on any atom is 0.343 e. The third-order valence-corrected chi connectivity index (χ3v) is 7.34. The van der Waals surface area contributed by atoms with Crippen LogP contribution < -0.4 is 14.2 Å². The van der Waals surface area contributed by atoms with Gasteiger partial charge >= 0.3 is 5.97 Å². The number of nitrogens with zero attached hydrogens (tertiary/aromatic N) is 1. The van der Waals surface area contributed by atoms with Gasteiger partial charge in [0.15, 0.2) is 11.5 Å². The molecule has 0 atom stereocenters. The van der Waals surface area contributed by atoms with Crippen LogP contribution in [0.3, 0.4) is 0 Å².